The first-order valence-electron chi connectivity index (χ1n) is 9.62. The molecule has 6 heteroatoms. The molecule has 0 fully saturated rings. The van der Waals surface area contributed by atoms with Gasteiger partial charge in [-0.15, -0.1) is 0 Å². The van der Waals surface area contributed by atoms with Gasteiger partial charge >= 0.3 is 0 Å². The third kappa shape index (κ3) is 3.65. The minimum atomic E-state index is -0.151. The second-order valence-electron chi connectivity index (χ2n) is 8.13. The quantitative estimate of drug-likeness (QED) is 0.720. The van der Waals surface area contributed by atoms with Gasteiger partial charge < -0.3 is 23.4 Å². The lowest BCUT2D eigenvalue weighted by atomic mass is 9.95. The number of ether oxygens (including phenoxy) is 4. The summed E-state index contributed by atoms with van der Waals surface area (Å²) in [6.45, 7) is 0. The molecule has 29 heavy (non-hydrogen) atoms. The lowest BCUT2D eigenvalue weighted by molar-refractivity contribution is -0.902. The minimum Gasteiger partial charge on any atom is -0.493 e. The first-order valence-corrected chi connectivity index (χ1v) is 9.62. The van der Waals surface area contributed by atoms with Gasteiger partial charge in [-0.1, -0.05) is 0 Å². The zero-order chi connectivity index (χ0) is 21.3. The molecule has 0 spiro atoms. The van der Waals surface area contributed by atoms with Crippen molar-refractivity contribution in [3.8, 4) is 34.1 Å². The van der Waals surface area contributed by atoms with Gasteiger partial charge in [0.05, 0.1) is 49.6 Å². The fourth-order valence-electron chi connectivity index (χ4n) is 4.24. The van der Waals surface area contributed by atoms with E-state index in [-0.39, 0.29) is 11.5 Å². The van der Waals surface area contributed by atoms with Gasteiger partial charge in [0.15, 0.2) is 17.2 Å². The summed E-state index contributed by atoms with van der Waals surface area (Å²) in [4.78, 5) is 12.5. The highest BCUT2D eigenvalue weighted by Gasteiger charge is 2.34. The Bertz CT molecular complexity index is 978. The normalized spacial score (nSPS) is 15.6. The second kappa shape index (κ2) is 7.95. The highest BCUT2D eigenvalue weighted by molar-refractivity contribution is 5.82. The molecule has 1 atom stereocenters. The number of fused-ring (bicyclic) bond motifs is 3. The number of rotatable bonds is 5. The van der Waals surface area contributed by atoms with Crippen molar-refractivity contribution in [1.82, 2.24) is 0 Å². The molecule has 1 aliphatic rings. The molecule has 6 nitrogen and oxygen atoms in total. The first kappa shape index (κ1) is 21.0. The summed E-state index contributed by atoms with van der Waals surface area (Å²) in [6, 6.07) is 7.51. The van der Waals surface area contributed by atoms with Crippen molar-refractivity contribution in [1.29, 1.82) is 0 Å². The Labute approximate surface area is 172 Å². The van der Waals surface area contributed by atoms with Gasteiger partial charge in [-0.2, -0.15) is 0 Å². The van der Waals surface area contributed by atoms with Crippen LogP contribution in [-0.2, 0) is 6.42 Å². The van der Waals surface area contributed by atoms with Crippen molar-refractivity contribution < 1.29 is 23.4 Å². The number of benzene rings is 1. The SMILES string of the molecule is COc1cc2c(c(OC)c1OC)-c1ccc(=O)c(OC)cc1C([N+](C)(C)C)CC2. The molecular weight excluding hydrogens is 370 g/mol. The van der Waals surface area contributed by atoms with Crippen LogP contribution in [0, 0.1) is 0 Å². The van der Waals surface area contributed by atoms with Crippen LogP contribution < -0.4 is 24.4 Å². The van der Waals surface area contributed by atoms with E-state index in [0.717, 1.165) is 39.6 Å². The van der Waals surface area contributed by atoms with Crippen molar-refractivity contribution in [3.05, 3.63) is 45.6 Å². The van der Waals surface area contributed by atoms with Gasteiger partial charge in [0, 0.05) is 17.5 Å². The average molecular weight is 400 g/mol. The maximum absolute atomic E-state index is 12.5. The van der Waals surface area contributed by atoms with Gasteiger partial charge in [-0.3, -0.25) is 4.79 Å². The van der Waals surface area contributed by atoms with Crippen LogP contribution in [0.15, 0.2) is 29.1 Å². The van der Waals surface area contributed by atoms with Crippen LogP contribution in [-0.4, -0.2) is 54.1 Å². The van der Waals surface area contributed by atoms with Gasteiger partial charge in [-0.25, -0.2) is 0 Å². The van der Waals surface area contributed by atoms with E-state index in [1.807, 2.05) is 18.2 Å². The number of aryl methyl sites for hydroxylation is 1. The van der Waals surface area contributed by atoms with Crippen molar-refractivity contribution in [2.75, 3.05) is 49.6 Å². The number of hydrogen-bond donors (Lipinski definition) is 0. The van der Waals surface area contributed by atoms with E-state index in [1.54, 1.807) is 27.4 Å². The number of quaternary nitrogens is 1. The van der Waals surface area contributed by atoms with Crippen molar-refractivity contribution in [3.63, 3.8) is 0 Å². The van der Waals surface area contributed by atoms with Gasteiger partial charge in [0.25, 0.3) is 0 Å². The smallest absolute Gasteiger partial charge is 0.220 e. The van der Waals surface area contributed by atoms with E-state index in [1.165, 1.54) is 7.11 Å². The molecule has 1 unspecified atom stereocenters. The maximum atomic E-state index is 12.5. The van der Waals surface area contributed by atoms with E-state index < -0.39 is 0 Å². The zero-order valence-corrected chi connectivity index (χ0v) is 18.3. The molecule has 1 aliphatic carbocycles. The molecule has 0 saturated heterocycles. The van der Waals surface area contributed by atoms with E-state index in [0.29, 0.717) is 23.0 Å². The molecule has 0 aliphatic heterocycles. The van der Waals surface area contributed by atoms with Gasteiger partial charge in [-0.05, 0) is 41.8 Å². The largest absolute Gasteiger partial charge is 0.493 e. The van der Waals surface area contributed by atoms with E-state index in [4.69, 9.17) is 18.9 Å². The summed E-state index contributed by atoms with van der Waals surface area (Å²) in [5.41, 5.74) is 3.90. The Morgan fingerprint density at radius 3 is 2.07 bits per heavy atom. The fraction of sp³-hybridized carbons (Fsp3) is 0.435. The summed E-state index contributed by atoms with van der Waals surface area (Å²) in [6.07, 6.45) is 1.75. The molecule has 156 valence electrons. The topological polar surface area (TPSA) is 54.0 Å². The molecule has 0 saturated carbocycles. The monoisotopic (exact) mass is 400 g/mol. The summed E-state index contributed by atoms with van der Waals surface area (Å²) < 4.78 is 23.1. The third-order valence-corrected chi connectivity index (χ3v) is 5.62. The Balaban J connectivity index is 2.47. The Kier molecular flexibility index (Phi) is 5.75. The molecular formula is C23H30NO5+. The number of hydrogen-bond acceptors (Lipinski definition) is 5. The molecule has 0 aromatic heterocycles. The van der Waals surface area contributed by atoms with Gasteiger partial charge in [0.1, 0.15) is 6.04 Å². The summed E-state index contributed by atoms with van der Waals surface area (Å²) in [5, 5.41) is 0. The lowest BCUT2D eigenvalue weighted by Gasteiger charge is -2.34. The van der Waals surface area contributed by atoms with Crippen LogP contribution in [0.25, 0.3) is 11.1 Å². The van der Waals surface area contributed by atoms with E-state index >= 15 is 0 Å². The van der Waals surface area contributed by atoms with Crippen LogP contribution in [0.3, 0.4) is 0 Å². The van der Waals surface area contributed by atoms with Crippen LogP contribution in [0.5, 0.6) is 23.0 Å². The molecule has 2 aromatic rings. The molecule has 3 rings (SSSR count). The minimum absolute atomic E-state index is 0.151. The van der Waals surface area contributed by atoms with Crippen LogP contribution in [0.1, 0.15) is 23.6 Å². The van der Waals surface area contributed by atoms with Crippen molar-refractivity contribution in [2.24, 2.45) is 0 Å². The Morgan fingerprint density at radius 2 is 1.52 bits per heavy atom. The highest BCUT2D eigenvalue weighted by Crippen LogP contribution is 2.51. The maximum Gasteiger partial charge on any atom is 0.220 e. The zero-order valence-electron chi connectivity index (χ0n) is 18.3. The van der Waals surface area contributed by atoms with Crippen molar-refractivity contribution >= 4 is 0 Å². The predicted octanol–water partition coefficient (Wildman–Crippen LogP) is 3.44. The lowest BCUT2D eigenvalue weighted by Crippen LogP contribution is -2.39. The standard InChI is InChI=1S/C23H30NO5/c1-24(2,3)17-10-8-14-12-20(27-5)22(28-6)23(29-7)21(14)15-9-11-18(25)19(26-4)13-16(15)17/h9,11-13,17H,8,10H2,1-7H3/q+1. The molecule has 0 bridgehead atoms. The van der Waals surface area contributed by atoms with Crippen LogP contribution >= 0.6 is 0 Å². The average Bonchev–Trinajstić information content (AvgIpc) is 2.94. The van der Waals surface area contributed by atoms with Crippen LogP contribution in [0.4, 0.5) is 0 Å². The summed E-state index contributed by atoms with van der Waals surface area (Å²) in [7, 11) is 12.9. The van der Waals surface area contributed by atoms with E-state index in [9.17, 15) is 4.79 Å². The second-order valence-corrected chi connectivity index (χ2v) is 8.13. The molecule has 0 N–H and O–H groups in total. The number of nitrogens with zero attached hydrogens (tertiary/aromatic N) is 1. The first-order chi connectivity index (χ1) is 13.8. The Morgan fingerprint density at radius 1 is 0.862 bits per heavy atom. The summed E-state index contributed by atoms with van der Waals surface area (Å²) in [5.74, 6) is 2.13. The summed E-state index contributed by atoms with van der Waals surface area (Å²) >= 11 is 0. The third-order valence-electron chi connectivity index (χ3n) is 5.62. The van der Waals surface area contributed by atoms with Crippen molar-refractivity contribution in [2.45, 2.75) is 18.9 Å². The molecule has 0 heterocycles. The molecule has 0 radical (unpaired) electrons. The fourth-order valence-corrected chi connectivity index (χ4v) is 4.24. The van der Waals surface area contributed by atoms with Gasteiger partial charge in [0.2, 0.25) is 11.2 Å². The predicted molar refractivity (Wildman–Crippen MR) is 113 cm³/mol. The highest BCUT2D eigenvalue weighted by atomic mass is 16.5. The molecule has 0 amide bonds. The Hall–Kier alpha value is -2.73. The van der Waals surface area contributed by atoms with Crippen LogP contribution in [0.2, 0.25) is 0 Å². The van der Waals surface area contributed by atoms with E-state index in [2.05, 4.69) is 21.1 Å². The number of methoxy groups -OCH3 is 4. The molecule has 2 aromatic carbocycles.